The predicted octanol–water partition coefficient (Wildman–Crippen LogP) is 2.34. The summed E-state index contributed by atoms with van der Waals surface area (Å²) in [7, 11) is 0. The van der Waals surface area contributed by atoms with Crippen molar-refractivity contribution in [3.05, 3.63) is 32.0 Å². The highest BCUT2D eigenvalue weighted by Crippen LogP contribution is 2.21. The molecule has 0 aliphatic heterocycles. The molecule has 0 aromatic carbocycles. The van der Waals surface area contributed by atoms with Crippen LogP contribution in [0.1, 0.15) is 30.4 Å². The number of hydrogen-bond acceptors (Lipinski definition) is 6. The zero-order valence-corrected chi connectivity index (χ0v) is 14.0. The molecule has 8 heteroatoms. The molecule has 2 rings (SSSR count). The van der Waals surface area contributed by atoms with E-state index in [0.717, 1.165) is 33.8 Å². The van der Waals surface area contributed by atoms with Gasteiger partial charge in [-0.05, 0) is 36.2 Å². The number of anilines is 1. The second-order valence-electron chi connectivity index (χ2n) is 4.44. The fraction of sp³-hybridized carbons (Fsp3) is 0.500. The topological polar surface area (TPSA) is 72.7 Å². The fourth-order valence-corrected chi connectivity index (χ4v) is 2.70. The Morgan fingerprint density at radius 1 is 1.40 bits per heavy atom. The van der Waals surface area contributed by atoms with Crippen LogP contribution in [0.2, 0.25) is 0 Å². The third kappa shape index (κ3) is 3.06. The van der Waals surface area contributed by atoms with Crippen molar-refractivity contribution in [2.45, 2.75) is 33.7 Å². The Bertz CT molecular complexity index is 666. The largest absolute Gasteiger partial charge is 0.374 e. The average Bonchev–Trinajstić information content (AvgIpc) is 2.86. The second-order valence-corrected chi connectivity index (χ2v) is 5.99. The standard InChI is InChI=1S/C12H16BrN5OS/c1-4-5-14-11-9(16-17-20-11)6-18-8(3)10(13)7(2)15-12(18)19/h14H,4-6H2,1-3H3. The van der Waals surface area contributed by atoms with Crippen molar-refractivity contribution in [1.82, 2.24) is 19.1 Å². The number of halogens is 1. The maximum Gasteiger partial charge on any atom is 0.348 e. The lowest BCUT2D eigenvalue weighted by atomic mass is 10.3. The van der Waals surface area contributed by atoms with Gasteiger partial charge in [-0.2, -0.15) is 4.98 Å². The van der Waals surface area contributed by atoms with Crippen LogP contribution in [0.5, 0.6) is 0 Å². The van der Waals surface area contributed by atoms with Gasteiger partial charge in [-0.1, -0.05) is 11.4 Å². The van der Waals surface area contributed by atoms with Crippen molar-refractivity contribution in [3.63, 3.8) is 0 Å². The van der Waals surface area contributed by atoms with E-state index in [-0.39, 0.29) is 5.69 Å². The van der Waals surface area contributed by atoms with Gasteiger partial charge in [-0.3, -0.25) is 4.57 Å². The molecular formula is C12H16BrN5OS. The maximum absolute atomic E-state index is 12.0. The van der Waals surface area contributed by atoms with Crippen molar-refractivity contribution in [3.8, 4) is 0 Å². The Balaban J connectivity index is 2.34. The molecule has 0 radical (unpaired) electrons. The summed E-state index contributed by atoms with van der Waals surface area (Å²) in [6, 6.07) is 0. The number of rotatable bonds is 5. The summed E-state index contributed by atoms with van der Waals surface area (Å²) < 4.78 is 6.40. The first-order valence-electron chi connectivity index (χ1n) is 6.33. The summed E-state index contributed by atoms with van der Waals surface area (Å²) in [6.07, 6.45) is 1.02. The summed E-state index contributed by atoms with van der Waals surface area (Å²) in [5, 5.41) is 8.29. The average molecular weight is 358 g/mol. The molecule has 0 saturated heterocycles. The van der Waals surface area contributed by atoms with Gasteiger partial charge in [0, 0.05) is 23.8 Å². The molecule has 2 aromatic rings. The van der Waals surface area contributed by atoms with Crippen molar-refractivity contribution in [1.29, 1.82) is 0 Å². The second kappa shape index (κ2) is 6.45. The lowest BCUT2D eigenvalue weighted by Gasteiger charge is -2.11. The van der Waals surface area contributed by atoms with Crippen LogP contribution >= 0.6 is 27.5 Å². The quantitative estimate of drug-likeness (QED) is 0.888. The van der Waals surface area contributed by atoms with Crippen LogP contribution in [-0.2, 0) is 6.54 Å². The lowest BCUT2D eigenvalue weighted by Crippen LogP contribution is -2.27. The SMILES string of the molecule is CCCNc1snnc1Cn1c(C)c(Br)c(C)nc1=O. The molecule has 0 aliphatic carbocycles. The Morgan fingerprint density at radius 2 is 2.15 bits per heavy atom. The minimum atomic E-state index is -0.266. The van der Waals surface area contributed by atoms with E-state index in [1.54, 1.807) is 11.5 Å². The van der Waals surface area contributed by atoms with Gasteiger partial charge < -0.3 is 5.32 Å². The van der Waals surface area contributed by atoms with Crippen LogP contribution in [0.15, 0.2) is 9.27 Å². The third-order valence-corrected chi connectivity index (χ3v) is 4.81. The van der Waals surface area contributed by atoms with E-state index < -0.39 is 0 Å². The Hall–Kier alpha value is -1.28. The normalized spacial score (nSPS) is 10.8. The predicted molar refractivity (Wildman–Crippen MR) is 83.5 cm³/mol. The van der Waals surface area contributed by atoms with Crippen LogP contribution in [0.4, 0.5) is 5.00 Å². The minimum Gasteiger partial charge on any atom is -0.374 e. The van der Waals surface area contributed by atoms with Gasteiger partial charge >= 0.3 is 5.69 Å². The monoisotopic (exact) mass is 357 g/mol. The first kappa shape index (κ1) is 15.1. The first-order chi connectivity index (χ1) is 9.54. The Labute approximate surface area is 129 Å². The molecule has 0 bridgehead atoms. The maximum atomic E-state index is 12.0. The van der Waals surface area contributed by atoms with Crippen LogP contribution in [-0.4, -0.2) is 25.7 Å². The molecule has 2 aromatic heterocycles. The first-order valence-corrected chi connectivity index (χ1v) is 7.89. The van der Waals surface area contributed by atoms with Crippen molar-refractivity contribution in [2.24, 2.45) is 0 Å². The van der Waals surface area contributed by atoms with E-state index in [9.17, 15) is 4.79 Å². The highest BCUT2D eigenvalue weighted by Gasteiger charge is 2.13. The number of aromatic nitrogens is 4. The molecule has 0 atom stereocenters. The fourth-order valence-electron chi connectivity index (χ4n) is 1.80. The van der Waals surface area contributed by atoms with Gasteiger partial charge in [0.15, 0.2) is 0 Å². The zero-order valence-electron chi connectivity index (χ0n) is 11.6. The molecule has 0 fully saturated rings. The summed E-state index contributed by atoms with van der Waals surface area (Å²) in [6.45, 7) is 7.02. The molecule has 0 aliphatic rings. The third-order valence-electron chi connectivity index (χ3n) is 2.93. The van der Waals surface area contributed by atoms with Crippen molar-refractivity contribution in [2.75, 3.05) is 11.9 Å². The zero-order chi connectivity index (χ0) is 14.7. The van der Waals surface area contributed by atoms with E-state index >= 15 is 0 Å². The number of hydrogen-bond donors (Lipinski definition) is 1. The van der Waals surface area contributed by atoms with Crippen molar-refractivity contribution < 1.29 is 0 Å². The molecular weight excluding hydrogens is 342 g/mol. The van der Waals surface area contributed by atoms with E-state index in [4.69, 9.17) is 0 Å². The summed E-state index contributed by atoms with van der Waals surface area (Å²) in [5.74, 6) is 0. The van der Waals surface area contributed by atoms with Crippen LogP contribution < -0.4 is 11.0 Å². The number of nitrogens with zero attached hydrogens (tertiary/aromatic N) is 4. The van der Waals surface area contributed by atoms with Crippen molar-refractivity contribution >= 4 is 32.5 Å². The molecule has 108 valence electrons. The smallest absolute Gasteiger partial charge is 0.348 e. The highest BCUT2D eigenvalue weighted by atomic mass is 79.9. The summed E-state index contributed by atoms with van der Waals surface area (Å²) >= 11 is 4.77. The van der Waals surface area contributed by atoms with E-state index in [1.165, 1.54) is 11.5 Å². The molecule has 0 saturated carbocycles. The molecule has 2 heterocycles. The summed E-state index contributed by atoms with van der Waals surface area (Å²) in [4.78, 5) is 16.0. The molecule has 0 spiro atoms. The highest BCUT2D eigenvalue weighted by molar-refractivity contribution is 9.10. The van der Waals surface area contributed by atoms with E-state index in [2.05, 4.69) is 42.7 Å². The molecule has 6 nitrogen and oxygen atoms in total. The van der Waals surface area contributed by atoms with Gasteiger partial charge in [0.05, 0.1) is 16.7 Å². The molecule has 1 N–H and O–H groups in total. The Kier molecular flexibility index (Phi) is 4.87. The molecule has 0 unspecified atom stereocenters. The minimum absolute atomic E-state index is 0.266. The molecule has 20 heavy (non-hydrogen) atoms. The number of aryl methyl sites for hydroxylation is 1. The van der Waals surface area contributed by atoms with E-state index in [0.29, 0.717) is 12.2 Å². The number of nitrogens with one attached hydrogen (secondary N) is 1. The van der Waals surface area contributed by atoms with Gasteiger partial charge in [-0.15, -0.1) is 5.10 Å². The van der Waals surface area contributed by atoms with E-state index in [1.807, 2.05) is 6.92 Å². The van der Waals surface area contributed by atoms with Crippen LogP contribution in [0.25, 0.3) is 0 Å². The molecule has 0 amide bonds. The van der Waals surface area contributed by atoms with Gasteiger partial charge in [0.25, 0.3) is 0 Å². The van der Waals surface area contributed by atoms with Crippen LogP contribution in [0, 0.1) is 13.8 Å². The summed E-state index contributed by atoms with van der Waals surface area (Å²) in [5.41, 5.74) is 2.05. The van der Waals surface area contributed by atoms with Gasteiger partial charge in [0.2, 0.25) is 0 Å². The Morgan fingerprint density at radius 3 is 2.85 bits per heavy atom. The van der Waals surface area contributed by atoms with Gasteiger partial charge in [-0.25, -0.2) is 4.79 Å². The van der Waals surface area contributed by atoms with Gasteiger partial charge in [0.1, 0.15) is 10.7 Å². The lowest BCUT2D eigenvalue weighted by molar-refractivity contribution is 0.674. The van der Waals surface area contributed by atoms with Crippen LogP contribution in [0.3, 0.4) is 0 Å².